The van der Waals surface area contributed by atoms with Crippen LogP contribution in [0.4, 0.5) is 13.2 Å². The molecule has 1 aliphatic heterocycles. The molecule has 1 aromatic rings. The first-order chi connectivity index (χ1) is 9.93. The first kappa shape index (κ1) is 16.1. The van der Waals surface area contributed by atoms with E-state index >= 15 is 0 Å². The molecule has 0 bridgehead atoms. The van der Waals surface area contributed by atoms with Crippen LogP contribution >= 0.6 is 11.6 Å². The lowest BCUT2D eigenvalue weighted by Gasteiger charge is -2.33. The standard InChI is InChI=1S/C15H17ClF3NO/c16-8-7-11-4-3-9-20(10-11)14(21)12-5-1-2-6-13(12)15(17,18)19/h1-2,5-6,11H,3-4,7-10H2. The summed E-state index contributed by atoms with van der Waals surface area (Å²) in [5.41, 5.74) is -1.13. The van der Waals surface area contributed by atoms with Gasteiger partial charge in [0.25, 0.3) is 5.91 Å². The van der Waals surface area contributed by atoms with E-state index < -0.39 is 17.6 Å². The zero-order valence-electron chi connectivity index (χ0n) is 11.5. The number of hydrogen-bond acceptors (Lipinski definition) is 1. The molecule has 1 heterocycles. The third-order valence-corrected chi connectivity index (χ3v) is 4.00. The molecule has 116 valence electrons. The van der Waals surface area contributed by atoms with E-state index in [1.165, 1.54) is 23.1 Å². The van der Waals surface area contributed by atoms with Gasteiger partial charge in [0.05, 0.1) is 11.1 Å². The van der Waals surface area contributed by atoms with Gasteiger partial charge in [-0.05, 0) is 37.3 Å². The Bertz CT molecular complexity index is 502. The maximum Gasteiger partial charge on any atom is 0.417 e. The minimum Gasteiger partial charge on any atom is -0.338 e. The first-order valence-corrected chi connectivity index (χ1v) is 7.48. The molecule has 1 atom stereocenters. The van der Waals surface area contributed by atoms with Crippen molar-refractivity contribution in [1.82, 2.24) is 4.90 Å². The second-order valence-electron chi connectivity index (χ2n) is 5.28. The van der Waals surface area contributed by atoms with Gasteiger partial charge in [-0.25, -0.2) is 0 Å². The van der Waals surface area contributed by atoms with Crippen LogP contribution in [0.3, 0.4) is 0 Å². The van der Waals surface area contributed by atoms with E-state index in [4.69, 9.17) is 11.6 Å². The van der Waals surface area contributed by atoms with Crippen molar-refractivity contribution < 1.29 is 18.0 Å². The van der Waals surface area contributed by atoms with E-state index in [1.54, 1.807) is 0 Å². The molecule has 0 N–H and O–H groups in total. The predicted octanol–water partition coefficient (Wildman–Crippen LogP) is 4.19. The van der Waals surface area contributed by atoms with Gasteiger partial charge >= 0.3 is 6.18 Å². The number of halogens is 4. The van der Waals surface area contributed by atoms with Gasteiger partial charge in [-0.2, -0.15) is 13.2 Å². The van der Waals surface area contributed by atoms with Gasteiger partial charge in [-0.3, -0.25) is 4.79 Å². The SMILES string of the molecule is O=C(c1ccccc1C(F)(F)F)N1CCCC(CCCl)C1. The van der Waals surface area contributed by atoms with Crippen molar-refractivity contribution in [2.75, 3.05) is 19.0 Å². The summed E-state index contributed by atoms with van der Waals surface area (Å²) in [5.74, 6) is 0.242. The van der Waals surface area contributed by atoms with Crippen molar-refractivity contribution in [1.29, 1.82) is 0 Å². The van der Waals surface area contributed by atoms with Crippen LogP contribution in [0.15, 0.2) is 24.3 Å². The fourth-order valence-corrected chi connectivity index (χ4v) is 3.04. The average molecular weight is 320 g/mol. The molecule has 0 spiro atoms. The second-order valence-corrected chi connectivity index (χ2v) is 5.66. The van der Waals surface area contributed by atoms with Crippen LogP contribution in [0.2, 0.25) is 0 Å². The largest absolute Gasteiger partial charge is 0.417 e. The smallest absolute Gasteiger partial charge is 0.338 e. The maximum absolute atomic E-state index is 13.0. The lowest BCUT2D eigenvalue weighted by Crippen LogP contribution is -2.40. The molecule has 6 heteroatoms. The Labute approximate surface area is 126 Å². The number of carbonyl (C=O) groups is 1. The zero-order chi connectivity index (χ0) is 15.5. The Morgan fingerprint density at radius 3 is 2.71 bits per heavy atom. The molecule has 1 fully saturated rings. The van der Waals surface area contributed by atoms with E-state index in [9.17, 15) is 18.0 Å². The quantitative estimate of drug-likeness (QED) is 0.765. The van der Waals surface area contributed by atoms with Crippen LogP contribution in [-0.4, -0.2) is 29.8 Å². The fourth-order valence-electron chi connectivity index (χ4n) is 2.73. The average Bonchev–Trinajstić information content (AvgIpc) is 2.46. The number of likely N-dealkylation sites (tertiary alicyclic amines) is 1. The summed E-state index contributed by atoms with van der Waals surface area (Å²) in [6.45, 7) is 0.988. The number of nitrogens with zero attached hydrogens (tertiary/aromatic N) is 1. The number of carbonyl (C=O) groups excluding carboxylic acids is 1. The van der Waals surface area contributed by atoms with E-state index in [0.717, 1.165) is 25.3 Å². The van der Waals surface area contributed by atoms with E-state index in [-0.39, 0.29) is 11.5 Å². The highest BCUT2D eigenvalue weighted by Gasteiger charge is 2.36. The zero-order valence-corrected chi connectivity index (χ0v) is 12.3. The summed E-state index contributed by atoms with van der Waals surface area (Å²) in [6, 6.07) is 4.96. The third kappa shape index (κ3) is 3.90. The monoisotopic (exact) mass is 319 g/mol. The lowest BCUT2D eigenvalue weighted by atomic mass is 9.94. The van der Waals surface area contributed by atoms with Crippen LogP contribution < -0.4 is 0 Å². The molecule has 0 aliphatic carbocycles. The molecule has 1 aliphatic rings. The van der Waals surface area contributed by atoms with Gasteiger partial charge in [-0.15, -0.1) is 11.6 Å². The van der Waals surface area contributed by atoms with Gasteiger partial charge in [0.1, 0.15) is 0 Å². The topological polar surface area (TPSA) is 20.3 Å². The molecule has 1 unspecified atom stereocenters. The molecular weight excluding hydrogens is 303 g/mol. The molecule has 0 radical (unpaired) electrons. The van der Waals surface area contributed by atoms with Gasteiger partial charge in [-0.1, -0.05) is 12.1 Å². The molecule has 0 aromatic heterocycles. The number of rotatable bonds is 3. The first-order valence-electron chi connectivity index (χ1n) is 6.95. The van der Waals surface area contributed by atoms with Crippen molar-refractivity contribution >= 4 is 17.5 Å². The Balaban J connectivity index is 2.20. The highest BCUT2D eigenvalue weighted by molar-refractivity contribution is 6.17. The molecule has 1 aromatic carbocycles. The van der Waals surface area contributed by atoms with Crippen molar-refractivity contribution in [3.63, 3.8) is 0 Å². The predicted molar refractivity (Wildman–Crippen MR) is 75.4 cm³/mol. The summed E-state index contributed by atoms with van der Waals surface area (Å²) in [5, 5.41) is 0. The third-order valence-electron chi connectivity index (χ3n) is 3.79. The number of amides is 1. The van der Waals surface area contributed by atoms with Crippen LogP contribution in [0.25, 0.3) is 0 Å². The van der Waals surface area contributed by atoms with E-state index in [1.807, 2.05) is 0 Å². The van der Waals surface area contributed by atoms with Gasteiger partial charge < -0.3 is 4.90 Å². The Hall–Kier alpha value is -1.23. The number of hydrogen-bond donors (Lipinski definition) is 0. The lowest BCUT2D eigenvalue weighted by molar-refractivity contribution is -0.138. The van der Waals surface area contributed by atoms with Crippen LogP contribution in [0.5, 0.6) is 0 Å². The highest BCUT2D eigenvalue weighted by atomic mass is 35.5. The normalized spacial score (nSPS) is 19.6. The van der Waals surface area contributed by atoms with Gasteiger partial charge in [0.2, 0.25) is 0 Å². The summed E-state index contributed by atoms with van der Waals surface area (Å²) in [6.07, 6.45) is -1.96. The summed E-state index contributed by atoms with van der Waals surface area (Å²) < 4.78 is 39.0. The van der Waals surface area contributed by atoms with Crippen LogP contribution in [0.1, 0.15) is 35.2 Å². The Morgan fingerprint density at radius 2 is 2.05 bits per heavy atom. The van der Waals surface area contributed by atoms with Crippen molar-refractivity contribution in [3.05, 3.63) is 35.4 Å². The Morgan fingerprint density at radius 1 is 1.33 bits per heavy atom. The second kappa shape index (κ2) is 6.69. The summed E-state index contributed by atoms with van der Waals surface area (Å²) in [7, 11) is 0. The van der Waals surface area contributed by atoms with Crippen molar-refractivity contribution in [2.45, 2.75) is 25.4 Å². The van der Waals surface area contributed by atoms with Gasteiger partial charge in [0.15, 0.2) is 0 Å². The number of alkyl halides is 4. The molecular formula is C15H17ClF3NO. The maximum atomic E-state index is 13.0. The van der Waals surface area contributed by atoms with Gasteiger partial charge in [0, 0.05) is 19.0 Å². The minimum absolute atomic E-state index is 0.267. The number of benzene rings is 1. The molecule has 1 saturated heterocycles. The minimum atomic E-state index is -4.52. The molecule has 1 amide bonds. The molecule has 0 saturated carbocycles. The summed E-state index contributed by atoms with van der Waals surface area (Å²) >= 11 is 5.71. The van der Waals surface area contributed by atoms with E-state index in [0.29, 0.717) is 19.0 Å². The Kier molecular flexibility index (Phi) is 5.14. The van der Waals surface area contributed by atoms with Crippen molar-refractivity contribution in [3.8, 4) is 0 Å². The van der Waals surface area contributed by atoms with Crippen LogP contribution in [-0.2, 0) is 6.18 Å². The van der Waals surface area contributed by atoms with Crippen molar-refractivity contribution in [2.24, 2.45) is 5.92 Å². The highest BCUT2D eigenvalue weighted by Crippen LogP contribution is 2.33. The summed E-state index contributed by atoms with van der Waals surface area (Å²) in [4.78, 5) is 13.9. The number of piperidine rings is 1. The van der Waals surface area contributed by atoms with E-state index in [2.05, 4.69) is 0 Å². The molecule has 2 nitrogen and oxygen atoms in total. The molecule has 2 rings (SSSR count). The fraction of sp³-hybridized carbons (Fsp3) is 0.533. The van der Waals surface area contributed by atoms with Crippen LogP contribution in [0, 0.1) is 5.92 Å². The molecule has 21 heavy (non-hydrogen) atoms.